The molecule has 0 radical (unpaired) electrons. The van der Waals surface area contributed by atoms with Gasteiger partial charge in [0.2, 0.25) is 0 Å². The SMILES string of the molecule is CCC(OC)c1[nH]cc[n+]1CCCSC. The van der Waals surface area contributed by atoms with Gasteiger partial charge in [-0.2, -0.15) is 11.8 Å². The zero-order valence-corrected chi connectivity index (χ0v) is 10.6. The molecule has 4 heteroatoms. The largest absolute Gasteiger partial charge is 0.369 e. The molecule has 0 saturated carbocycles. The molecule has 3 nitrogen and oxygen atoms in total. The van der Waals surface area contributed by atoms with E-state index in [0.717, 1.165) is 13.0 Å². The number of ether oxygens (including phenoxy) is 1. The molecule has 1 N–H and O–H groups in total. The average Bonchev–Trinajstić information content (AvgIpc) is 2.69. The summed E-state index contributed by atoms with van der Waals surface area (Å²) in [4.78, 5) is 3.27. The van der Waals surface area contributed by atoms with E-state index in [4.69, 9.17) is 4.74 Å². The number of aryl methyl sites for hydroxylation is 1. The van der Waals surface area contributed by atoms with Gasteiger partial charge in [-0.1, -0.05) is 6.92 Å². The maximum absolute atomic E-state index is 5.43. The molecule has 0 saturated heterocycles. The van der Waals surface area contributed by atoms with E-state index in [1.54, 1.807) is 7.11 Å². The molecule has 1 atom stereocenters. The van der Waals surface area contributed by atoms with Crippen LogP contribution in [0.2, 0.25) is 0 Å². The van der Waals surface area contributed by atoms with Crippen molar-refractivity contribution in [2.75, 3.05) is 19.1 Å². The van der Waals surface area contributed by atoms with Gasteiger partial charge in [-0.15, -0.1) is 0 Å². The first kappa shape index (κ1) is 12.6. The van der Waals surface area contributed by atoms with E-state index in [2.05, 4.69) is 28.9 Å². The van der Waals surface area contributed by atoms with Crippen LogP contribution in [-0.2, 0) is 11.3 Å². The molecule has 0 aromatic carbocycles. The van der Waals surface area contributed by atoms with Crippen LogP contribution in [-0.4, -0.2) is 24.1 Å². The highest BCUT2D eigenvalue weighted by Crippen LogP contribution is 2.14. The summed E-state index contributed by atoms with van der Waals surface area (Å²) >= 11 is 1.89. The Morgan fingerprint density at radius 2 is 2.40 bits per heavy atom. The Labute approximate surface area is 96.2 Å². The van der Waals surface area contributed by atoms with Crippen LogP contribution in [0.1, 0.15) is 31.7 Å². The highest BCUT2D eigenvalue weighted by atomic mass is 32.2. The number of thioether (sulfide) groups is 1. The van der Waals surface area contributed by atoms with Gasteiger partial charge in [0.1, 0.15) is 12.4 Å². The Hall–Kier alpha value is -0.480. The number of rotatable bonds is 7. The predicted molar refractivity (Wildman–Crippen MR) is 64.0 cm³/mol. The van der Waals surface area contributed by atoms with Gasteiger partial charge >= 0.3 is 0 Å². The lowest BCUT2D eigenvalue weighted by Gasteiger charge is -2.09. The number of aromatic amines is 1. The number of imidazole rings is 1. The summed E-state index contributed by atoms with van der Waals surface area (Å²) in [6.07, 6.45) is 8.62. The van der Waals surface area contributed by atoms with Crippen molar-refractivity contribution in [2.24, 2.45) is 0 Å². The van der Waals surface area contributed by atoms with E-state index in [1.165, 1.54) is 18.0 Å². The van der Waals surface area contributed by atoms with Crippen molar-refractivity contribution < 1.29 is 9.30 Å². The molecule has 1 heterocycles. The summed E-state index contributed by atoms with van der Waals surface area (Å²) in [6, 6.07) is 0. The summed E-state index contributed by atoms with van der Waals surface area (Å²) in [5.74, 6) is 2.39. The second-order valence-electron chi connectivity index (χ2n) is 3.52. The first-order valence-electron chi connectivity index (χ1n) is 5.41. The van der Waals surface area contributed by atoms with E-state index < -0.39 is 0 Å². The normalized spacial score (nSPS) is 13.0. The molecule has 0 fully saturated rings. The van der Waals surface area contributed by atoms with E-state index in [1.807, 2.05) is 18.0 Å². The topological polar surface area (TPSA) is 28.9 Å². The summed E-state index contributed by atoms with van der Waals surface area (Å²) in [5, 5.41) is 0. The number of methoxy groups -OCH3 is 1. The van der Waals surface area contributed by atoms with Crippen LogP contribution in [0.25, 0.3) is 0 Å². The van der Waals surface area contributed by atoms with Gasteiger partial charge in [-0.05, 0) is 24.9 Å². The lowest BCUT2D eigenvalue weighted by molar-refractivity contribution is -0.706. The lowest BCUT2D eigenvalue weighted by atomic mass is 10.2. The zero-order chi connectivity index (χ0) is 11.1. The minimum absolute atomic E-state index is 0.189. The van der Waals surface area contributed by atoms with E-state index in [-0.39, 0.29) is 6.10 Å². The zero-order valence-electron chi connectivity index (χ0n) is 9.82. The fourth-order valence-electron chi connectivity index (χ4n) is 1.70. The molecule has 0 spiro atoms. The van der Waals surface area contributed by atoms with Crippen molar-refractivity contribution in [2.45, 2.75) is 32.4 Å². The second kappa shape index (κ2) is 6.90. The third kappa shape index (κ3) is 3.54. The van der Waals surface area contributed by atoms with Gasteiger partial charge in [-0.25, -0.2) is 9.55 Å². The van der Waals surface area contributed by atoms with Gasteiger partial charge < -0.3 is 4.74 Å². The molecular weight excluding hydrogens is 208 g/mol. The highest BCUT2D eigenvalue weighted by molar-refractivity contribution is 7.98. The fourth-order valence-corrected chi connectivity index (χ4v) is 2.12. The minimum atomic E-state index is 0.189. The number of hydrogen-bond acceptors (Lipinski definition) is 2. The van der Waals surface area contributed by atoms with Crippen molar-refractivity contribution in [3.63, 3.8) is 0 Å². The van der Waals surface area contributed by atoms with Gasteiger partial charge in [0.15, 0.2) is 6.10 Å². The number of hydrogen-bond donors (Lipinski definition) is 1. The number of H-pyrrole nitrogens is 1. The Morgan fingerprint density at radius 1 is 1.60 bits per heavy atom. The predicted octanol–water partition coefficient (Wildman–Crippen LogP) is 2.15. The Morgan fingerprint density at radius 3 is 3.00 bits per heavy atom. The molecule has 1 rings (SSSR count). The molecule has 1 aromatic heterocycles. The Kier molecular flexibility index (Phi) is 5.79. The molecule has 0 bridgehead atoms. The molecule has 0 aliphatic rings. The van der Waals surface area contributed by atoms with Crippen LogP contribution in [0, 0.1) is 0 Å². The highest BCUT2D eigenvalue weighted by Gasteiger charge is 2.20. The van der Waals surface area contributed by atoms with Crippen LogP contribution < -0.4 is 4.57 Å². The van der Waals surface area contributed by atoms with E-state index >= 15 is 0 Å². The lowest BCUT2D eigenvalue weighted by Crippen LogP contribution is -2.38. The van der Waals surface area contributed by atoms with Crippen molar-refractivity contribution in [3.8, 4) is 0 Å². The van der Waals surface area contributed by atoms with E-state index in [9.17, 15) is 0 Å². The molecule has 1 unspecified atom stereocenters. The Bertz CT molecular complexity index is 271. The monoisotopic (exact) mass is 229 g/mol. The molecule has 0 aliphatic heterocycles. The van der Waals surface area contributed by atoms with Crippen molar-refractivity contribution in [3.05, 3.63) is 18.2 Å². The molecule has 0 amide bonds. The fraction of sp³-hybridized carbons (Fsp3) is 0.727. The van der Waals surface area contributed by atoms with Crippen molar-refractivity contribution >= 4 is 11.8 Å². The summed E-state index contributed by atoms with van der Waals surface area (Å²) in [5.41, 5.74) is 0. The smallest absolute Gasteiger partial charge is 0.283 e. The molecule has 86 valence electrons. The molecule has 0 aliphatic carbocycles. The standard InChI is InChI=1S/C11H20N2OS/c1-4-10(14-2)11-12-6-8-13(11)7-5-9-15-3/h6,8,10H,4-5,7,9H2,1-3H3/p+1. The van der Waals surface area contributed by atoms with Crippen molar-refractivity contribution in [1.29, 1.82) is 0 Å². The summed E-state index contributed by atoms with van der Waals surface area (Å²) in [6.45, 7) is 3.21. The van der Waals surface area contributed by atoms with Gasteiger partial charge in [-0.3, -0.25) is 0 Å². The Balaban J connectivity index is 2.59. The van der Waals surface area contributed by atoms with Crippen LogP contribution in [0.4, 0.5) is 0 Å². The summed E-state index contributed by atoms with van der Waals surface area (Å²) in [7, 11) is 1.77. The van der Waals surface area contributed by atoms with Gasteiger partial charge in [0.05, 0.1) is 6.54 Å². The van der Waals surface area contributed by atoms with Crippen LogP contribution >= 0.6 is 11.8 Å². The summed E-state index contributed by atoms with van der Waals surface area (Å²) < 4.78 is 7.69. The van der Waals surface area contributed by atoms with Crippen molar-refractivity contribution in [1.82, 2.24) is 4.98 Å². The van der Waals surface area contributed by atoms with Crippen LogP contribution in [0.15, 0.2) is 12.4 Å². The second-order valence-corrected chi connectivity index (χ2v) is 4.50. The number of nitrogens with zero attached hydrogens (tertiary/aromatic N) is 1. The third-order valence-electron chi connectivity index (χ3n) is 2.50. The maximum atomic E-state index is 5.43. The van der Waals surface area contributed by atoms with Crippen LogP contribution in [0.5, 0.6) is 0 Å². The first-order valence-corrected chi connectivity index (χ1v) is 6.81. The molecule has 1 aromatic rings. The third-order valence-corrected chi connectivity index (χ3v) is 3.20. The average molecular weight is 229 g/mol. The number of aromatic nitrogens is 2. The molecule has 15 heavy (non-hydrogen) atoms. The van der Waals surface area contributed by atoms with E-state index in [0.29, 0.717) is 0 Å². The van der Waals surface area contributed by atoms with Gasteiger partial charge in [0, 0.05) is 7.11 Å². The number of nitrogens with one attached hydrogen (secondary N) is 1. The van der Waals surface area contributed by atoms with Gasteiger partial charge in [0.25, 0.3) is 5.82 Å². The molecular formula is C11H21N2OS+. The van der Waals surface area contributed by atoms with Crippen LogP contribution in [0.3, 0.4) is 0 Å². The first-order chi connectivity index (χ1) is 7.33. The maximum Gasteiger partial charge on any atom is 0.283 e. The minimum Gasteiger partial charge on any atom is -0.369 e. The quantitative estimate of drug-likeness (QED) is 0.573.